The number of carbonyl (C=O) groups is 2. The van der Waals surface area contributed by atoms with Gasteiger partial charge in [-0.2, -0.15) is 4.39 Å². The van der Waals surface area contributed by atoms with Gasteiger partial charge in [-0.15, -0.1) is 0 Å². The zero-order chi connectivity index (χ0) is 19.6. The van der Waals surface area contributed by atoms with E-state index in [2.05, 4.69) is 9.78 Å². The Bertz CT molecular complexity index is 964. The van der Waals surface area contributed by atoms with E-state index in [1.54, 1.807) is 65.6 Å². The lowest BCUT2D eigenvalue weighted by atomic mass is 10.2. The maximum Gasteiger partial charge on any atom is 0.386 e. The Morgan fingerprint density at radius 1 is 0.778 bits per heavy atom. The third kappa shape index (κ3) is 6.09. The number of hydrogen-bond acceptors (Lipinski definition) is 6. The van der Waals surface area contributed by atoms with Crippen LogP contribution in [0.4, 0.5) is 4.39 Å². The van der Waals surface area contributed by atoms with Gasteiger partial charge in [0.25, 0.3) is 5.56 Å². The molecule has 0 aliphatic heterocycles. The Balaban J connectivity index is 0.000000244. The molecular weight excluding hydrogens is 359 g/mol. The van der Waals surface area contributed by atoms with Crippen LogP contribution in [-0.4, -0.2) is 21.9 Å². The molecule has 0 fully saturated rings. The molecule has 0 spiro atoms. The van der Waals surface area contributed by atoms with E-state index in [0.29, 0.717) is 17.3 Å². The number of benzene rings is 2. The molecule has 3 aromatic rings. The summed E-state index contributed by atoms with van der Waals surface area (Å²) in [5, 5.41) is 0. The highest BCUT2D eigenvalue weighted by molar-refractivity contribution is 5.92. The smallest absolute Gasteiger partial charge is 0.311 e. The molecule has 138 valence electrons. The average Bonchev–Trinajstić information content (AvgIpc) is 2.70. The molecule has 8 nitrogen and oxygen atoms in total. The Kier molecular flexibility index (Phi) is 6.77. The van der Waals surface area contributed by atoms with E-state index in [-0.39, 0.29) is 0 Å². The summed E-state index contributed by atoms with van der Waals surface area (Å²) in [4.78, 5) is 55.9. The zero-order valence-corrected chi connectivity index (χ0v) is 13.7. The number of rotatable bonds is 2. The van der Waals surface area contributed by atoms with Gasteiger partial charge in [0.2, 0.25) is 5.82 Å². The molecule has 2 aromatic carbocycles. The van der Waals surface area contributed by atoms with Crippen LogP contribution in [0.5, 0.6) is 0 Å². The van der Waals surface area contributed by atoms with Gasteiger partial charge in [0.15, 0.2) is 0 Å². The van der Waals surface area contributed by atoms with Crippen molar-refractivity contribution in [3.05, 3.63) is 105 Å². The fourth-order valence-electron chi connectivity index (χ4n) is 1.71. The molecule has 0 aliphatic rings. The van der Waals surface area contributed by atoms with Gasteiger partial charge in [-0.3, -0.25) is 9.78 Å². The van der Waals surface area contributed by atoms with Crippen molar-refractivity contribution in [3.8, 4) is 0 Å². The summed E-state index contributed by atoms with van der Waals surface area (Å²) >= 11 is 0. The quantitative estimate of drug-likeness (QED) is 0.523. The van der Waals surface area contributed by atoms with E-state index in [0.717, 1.165) is 0 Å². The molecule has 0 radical (unpaired) electrons. The molecule has 0 saturated heterocycles. The topological polar surface area (TPSA) is 118 Å². The van der Waals surface area contributed by atoms with Crippen molar-refractivity contribution in [2.45, 2.75) is 0 Å². The third-order valence-corrected chi connectivity index (χ3v) is 2.99. The van der Waals surface area contributed by atoms with Gasteiger partial charge in [0.05, 0.1) is 11.1 Å². The molecule has 1 heterocycles. The van der Waals surface area contributed by atoms with Crippen LogP contribution in [0.2, 0.25) is 0 Å². The first kappa shape index (κ1) is 19.3. The molecule has 9 heteroatoms. The number of halogens is 1. The SMILES string of the molecule is O=C(OOC(=O)c1ccccc1)c1ccccc1.O=c1[nH]cc(F)c(=O)[nH]1. The first-order chi connectivity index (χ1) is 13.0. The van der Waals surface area contributed by atoms with Gasteiger partial charge in [0.1, 0.15) is 0 Å². The molecule has 1 aromatic heterocycles. The van der Waals surface area contributed by atoms with Gasteiger partial charge in [0, 0.05) is 6.20 Å². The highest BCUT2D eigenvalue weighted by atomic mass is 19.1. The standard InChI is InChI=1S/C14H10O4.C4H3FN2O2/c15-13(11-7-3-1-4-8-11)17-18-14(16)12-9-5-2-6-10-12;5-2-1-6-4(9)7-3(2)8/h1-10H;1H,(H2,6,7,8,9). The van der Waals surface area contributed by atoms with Crippen molar-refractivity contribution in [2.24, 2.45) is 0 Å². The fraction of sp³-hybridized carbons (Fsp3) is 0. The van der Waals surface area contributed by atoms with E-state index in [9.17, 15) is 23.6 Å². The van der Waals surface area contributed by atoms with Crippen LogP contribution < -0.4 is 11.2 Å². The second kappa shape index (κ2) is 9.47. The summed E-state index contributed by atoms with van der Waals surface area (Å²) in [5.41, 5.74) is -1.07. The van der Waals surface area contributed by atoms with Crippen LogP contribution in [0.3, 0.4) is 0 Å². The van der Waals surface area contributed by atoms with Gasteiger partial charge in [-0.25, -0.2) is 24.2 Å². The van der Waals surface area contributed by atoms with E-state index >= 15 is 0 Å². The minimum absolute atomic E-state index is 0.318. The number of aromatic amines is 2. The van der Waals surface area contributed by atoms with E-state index < -0.39 is 29.0 Å². The maximum atomic E-state index is 12.0. The molecule has 0 unspecified atom stereocenters. The second-order valence-corrected chi connectivity index (χ2v) is 4.89. The Hall–Kier alpha value is -4.01. The normalized spacial score (nSPS) is 9.52. The van der Waals surface area contributed by atoms with E-state index in [1.807, 2.05) is 4.98 Å². The average molecular weight is 372 g/mol. The summed E-state index contributed by atoms with van der Waals surface area (Å²) in [6, 6.07) is 16.6. The molecule has 3 rings (SSSR count). The number of H-pyrrole nitrogens is 2. The summed E-state index contributed by atoms with van der Waals surface area (Å²) in [6.07, 6.45) is 0.709. The predicted octanol–water partition coefficient (Wildman–Crippen LogP) is 1.82. The van der Waals surface area contributed by atoms with Crippen LogP contribution in [-0.2, 0) is 9.78 Å². The van der Waals surface area contributed by atoms with Crippen LogP contribution in [0, 0.1) is 5.82 Å². The highest BCUT2D eigenvalue weighted by Crippen LogP contribution is 2.05. The monoisotopic (exact) mass is 372 g/mol. The van der Waals surface area contributed by atoms with Crippen molar-refractivity contribution >= 4 is 11.9 Å². The lowest BCUT2D eigenvalue weighted by molar-refractivity contribution is -0.187. The van der Waals surface area contributed by atoms with Crippen LogP contribution in [0.15, 0.2) is 76.4 Å². The molecule has 0 saturated carbocycles. The van der Waals surface area contributed by atoms with E-state index in [1.165, 1.54) is 0 Å². The first-order valence-corrected chi connectivity index (χ1v) is 7.48. The summed E-state index contributed by atoms with van der Waals surface area (Å²) in [5.74, 6) is -2.41. The molecule has 0 amide bonds. The Labute approximate surface area is 151 Å². The van der Waals surface area contributed by atoms with Crippen LogP contribution in [0.1, 0.15) is 20.7 Å². The van der Waals surface area contributed by atoms with Gasteiger partial charge >= 0.3 is 17.6 Å². The summed E-state index contributed by atoms with van der Waals surface area (Å²) in [6.45, 7) is 0. The Morgan fingerprint density at radius 2 is 1.22 bits per heavy atom. The molecule has 0 bridgehead atoms. The van der Waals surface area contributed by atoms with Crippen molar-refractivity contribution < 1.29 is 23.8 Å². The minimum Gasteiger partial charge on any atom is -0.311 e. The first-order valence-electron chi connectivity index (χ1n) is 7.48. The van der Waals surface area contributed by atoms with Crippen LogP contribution >= 0.6 is 0 Å². The number of nitrogens with one attached hydrogen (secondary N) is 2. The number of hydrogen-bond donors (Lipinski definition) is 2. The number of aromatic nitrogens is 2. The van der Waals surface area contributed by atoms with Crippen molar-refractivity contribution in [2.75, 3.05) is 0 Å². The fourth-order valence-corrected chi connectivity index (χ4v) is 1.71. The van der Waals surface area contributed by atoms with Crippen LogP contribution in [0.25, 0.3) is 0 Å². The summed E-state index contributed by atoms with van der Waals surface area (Å²) in [7, 11) is 0. The van der Waals surface area contributed by atoms with Gasteiger partial charge < -0.3 is 4.98 Å². The largest absolute Gasteiger partial charge is 0.386 e. The lowest BCUT2D eigenvalue weighted by Gasteiger charge is -2.02. The molecule has 2 N–H and O–H groups in total. The van der Waals surface area contributed by atoms with Crippen molar-refractivity contribution in [1.82, 2.24) is 9.97 Å². The van der Waals surface area contributed by atoms with Crippen molar-refractivity contribution in [3.63, 3.8) is 0 Å². The third-order valence-electron chi connectivity index (χ3n) is 2.99. The predicted molar refractivity (Wildman–Crippen MR) is 91.4 cm³/mol. The highest BCUT2D eigenvalue weighted by Gasteiger charge is 2.13. The van der Waals surface area contributed by atoms with Crippen molar-refractivity contribution in [1.29, 1.82) is 0 Å². The lowest BCUT2D eigenvalue weighted by Crippen LogP contribution is -2.23. The van der Waals surface area contributed by atoms with Gasteiger partial charge in [-0.1, -0.05) is 36.4 Å². The Morgan fingerprint density at radius 3 is 1.59 bits per heavy atom. The number of carbonyl (C=O) groups excluding carboxylic acids is 2. The maximum absolute atomic E-state index is 12.0. The minimum atomic E-state index is -1.00. The van der Waals surface area contributed by atoms with Gasteiger partial charge in [-0.05, 0) is 24.3 Å². The zero-order valence-electron chi connectivity index (χ0n) is 13.7. The van der Waals surface area contributed by atoms with E-state index in [4.69, 9.17) is 0 Å². The second-order valence-electron chi connectivity index (χ2n) is 4.89. The summed E-state index contributed by atoms with van der Waals surface area (Å²) < 4.78 is 12.0. The molecule has 0 atom stereocenters. The molecule has 0 aliphatic carbocycles. The molecular formula is C18H13FN2O6. The molecule has 27 heavy (non-hydrogen) atoms.